The monoisotopic (exact) mass is 470 g/mol. The van der Waals surface area contributed by atoms with Crippen molar-refractivity contribution in [1.82, 2.24) is 19.6 Å². The molecule has 1 aliphatic heterocycles. The first-order chi connectivity index (χ1) is 16.7. The number of urea groups is 1. The van der Waals surface area contributed by atoms with Gasteiger partial charge in [0.2, 0.25) is 0 Å². The fourth-order valence-electron chi connectivity index (χ4n) is 4.20. The molecule has 5 rings (SSSR count). The maximum absolute atomic E-state index is 13.2. The van der Waals surface area contributed by atoms with Crippen LogP contribution in [0.3, 0.4) is 0 Å². The van der Waals surface area contributed by atoms with Crippen molar-refractivity contribution in [3.8, 4) is 0 Å². The molecule has 2 aromatic carbocycles. The molecule has 0 bridgehead atoms. The topological polar surface area (TPSA) is 110 Å². The van der Waals surface area contributed by atoms with Crippen LogP contribution >= 0.6 is 0 Å². The van der Waals surface area contributed by atoms with Crippen LogP contribution in [0.2, 0.25) is 0 Å². The lowest BCUT2D eigenvalue weighted by atomic mass is 9.90. The lowest BCUT2D eigenvalue weighted by Gasteiger charge is -2.22. The summed E-state index contributed by atoms with van der Waals surface area (Å²) < 4.78 is 6.63. The Kier molecular flexibility index (Phi) is 5.32. The molecule has 9 nitrogen and oxygen atoms in total. The van der Waals surface area contributed by atoms with Gasteiger partial charge in [0.1, 0.15) is 24.3 Å². The number of nitrogens with one attached hydrogen (secondary N) is 1. The number of carbonyl (C=O) groups is 3. The number of ether oxygens (including phenoxy) is 1. The summed E-state index contributed by atoms with van der Waals surface area (Å²) in [5.41, 5.74) is 0.602. The molecule has 2 aromatic heterocycles. The van der Waals surface area contributed by atoms with Crippen molar-refractivity contribution in [2.45, 2.75) is 26.0 Å². The molecular weight excluding hydrogens is 448 g/mol. The highest BCUT2D eigenvalue weighted by atomic mass is 16.5. The lowest BCUT2D eigenvalue weighted by Crippen LogP contribution is -2.41. The van der Waals surface area contributed by atoms with E-state index in [1.807, 2.05) is 49.4 Å². The van der Waals surface area contributed by atoms with E-state index in [9.17, 15) is 19.2 Å². The fraction of sp³-hybridized carbons (Fsp3) is 0.192. The van der Waals surface area contributed by atoms with Crippen LogP contribution in [0.15, 0.2) is 71.7 Å². The molecule has 176 valence electrons. The van der Waals surface area contributed by atoms with Gasteiger partial charge < -0.3 is 10.1 Å². The molecule has 1 N–H and O–H groups in total. The number of hydrogen-bond donors (Lipinski definition) is 1. The summed E-state index contributed by atoms with van der Waals surface area (Å²) in [5, 5.41) is 4.63. The van der Waals surface area contributed by atoms with Gasteiger partial charge in [-0.25, -0.2) is 9.78 Å². The molecule has 9 heteroatoms. The van der Waals surface area contributed by atoms with Crippen LogP contribution in [-0.4, -0.2) is 38.7 Å². The summed E-state index contributed by atoms with van der Waals surface area (Å²) in [5.74, 6) is -1.34. The van der Waals surface area contributed by atoms with Gasteiger partial charge in [-0.15, -0.1) is 0 Å². The Labute approximate surface area is 200 Å². The zero-order valence-electron chi connectivity index (χ0n) is 19.1. The Morgan fingerprint density at radius 1 is 1.03 bits per heavy atom. The van der Waals surface area contributed by atoms with Crippen molar-refractivity contribution in [2.75, 3.05) is 6.54 Å². The first-order valence-electron chi connectivity index (χ1n) is 11.0. The molecule has 1 unspecified atom stereocenters. The predicted molar refractivity (Wildman–Crippen MR) is 128 cm³/mol. The van der Waals surface area contributed by atoms with Gasteiger partial charge in [-0.2, -0.15) is 0 Å². The van der Waals surface area contributed by atoms with Crippen LogP contribution in [0, 0.1) is 6.92 Å². The lowest BCUT2D eigenvalue weighted by molar-refractivity contribution is -0.148. The Bertz CT molecular complexity index is 1580. The van der Waals surface area contributed by atoms with Gasteiger partial charge >= 0.3 is 12.0 Å². The maximum Gasteiger partial charge on any atom is 0.326 e. The van der Waals surface area contributed by atoms with Gasteiger partial charge in [0, 0.05) is 12.3 Å². The summed E-state index contributed by atoms with van der Waals surface area (Å²) >= 11 is 0. The standard InChI is InChI=1S/C26H22N4O5/c1-16-7-10-21-27-20(12-22(31)29(21)13-16)15-35-23(32)14-30-24(33)26(2,28-25(30)34)19-9-8-17-5-3-4-6-18(17)11-19/h3-13H,14-15H2,1-2H3,(H,28,34). The fourth-order valence-corrected chi connectivity index (χ4v) is 4.20. The number of esters is 1. The molecule has 1 aliphatic rings. The Hall–Kier alpha value is -4.53. The van der Waals surface area contributed by atoms with Crippen molar-refractivity contribution >= 4 is 34.3 Å². The number of aryl methyl sites for hydroxylation is 1. The van der Waals surface area contributed by atoms with Crippen LogP contribution in [0.4, 0.5) is 4.79 Å². The van der Waals surface area contributed by atoms with E-state index in [-0.39, 0.29) is 17.9 Å². The van der Waals surface area contributed by atoms with Crippen LogP contribution in [0.5, 0.6) is 0 Å². The highest BCUT2D eigenvalue weighted by Gasteiger charge is 2.49. The molecule has 35 heavy (non-hydrogen) atoms. The van der Waals surface area contributed by atoms with E-state index in [1.165, 1.54) is 10.5 Å². The molecule has 3 heterocycles. The number of aromatic nitrogens is 2. The quantitative estimate of drug-likeness (QED) is 0.355. The van der Waals surface area contributed by atoms with Gasteiger partial charge in [-0.05, 0) is 47.9 Å². The van der Waals surface area contributed by atoms with Gasteiger partial charge in [0.15, 0.2) is 0 Å². The van der Waals surface area contributed by atoms with Gasteiger partial charge in [0.05, 0.1) is 5.69 Å². The third kappa shape index (κ3) is 4.01. The van der Waals surface area contributed by atoms with Crippen molar-refractivity contribution in [1.29, 1.82) is 0 Å². The third-order valence-electron chi connectivity index (χ3n) is 6.13. The molecule has 0 aliphatic carbocycles. The second kappa shape index (κ2) is 8.35. The van der Waals surface area contributed by atoms with Gasteiger partial charge in [0.25, 0.3) is 11.5 Å². The molecule has 1 saturated heterocycles. The highest BCUT2D eigenvalue weighted by Crippen LogP contribution is 2.31. The number of hydrogen-bond acceptors (Lipinski definition) is 6. The van der Waals surface area contributed by atoms with Crippen molar-refractivity contribution in [3.63, 3.8) is 0 Å². The number of rotatable bonds is 5. The Balaban J connectivity index is 1.29. The number of pyridine rings is 1. The molecule has 1 atom stereocenters. The smallest absolute Gasteiger partial charge is 0.326 e. The van der Waals surface area contributed by atoms with Crippen LogP contribution < -0.4 is 10.9 Å². The molecule has 4 aromatic rings. The molecule has 0 saturated carbocycles. The number of fused-ring (bicyclic) bond motifs is 2. The summed E-state index contributed by atoms with van der Waals surface area (Å²) in [6.07, 6.45) is 1.67. The van der Waals surface area contributed by atoms with Crippen LogP contribution in [0.1, 0.15) is 23.7 Å². The van der Waals surface area contributed by atoms with Crippen LogP contribution in [-0.2, 0) is 26.5 Å². The van der Waals surface area contributed by atoms with Crippen molar-refractivity contribution < 1.29 is 19.1 Å². The van der Waals surface area contributed by atoms with Crippen LogP contribution in [0.25, 0.3) is 16.4 Å². The minimum Gasteiger partial charge on any atom is -0.458 e. The SMILES string of the molecule is Cc1ccc2nc(COC(=O)CN3C(=O)NC(C)(c4ccc5ccccc5c4)C3=O)cc(=O)n2c1. The average molecular weight is 470 g/mol. The van der Waals surface area contributed by atoms with E-state index >= 15 is 0 Å². The number of benzene rings is 2. The first-order valence-corrected chi connectivity index (χ1v) is 11.0. The molecular formula is C26H22N4O5. The maximum atomic E-state index is 13.2. The second-order valence-electron chi connectivity index (χ2n) is 8.69. The zero-order chi connectivity index (χ0) is 24.7. The number of carbonyl (C=O) groups excluding carboxylic acids is 3. The summed E-state index contributed by atoms with van der Waals surface area (Å²) in [6.45, 7) is 2.66. The molecule has 1 fully saturated rings. The number of nitrogens with zero attached hydrogens (tertiary/aromatic N) is 3. The van der Waals surface area contributed by atoms with E-state index in [0.29, 0.717) is 11.2 Å². The normalized spacial score (nSPS) is 17.7. The number of imide groups is 1. The second-order valence-corrected chi connectivity index (χ2v) is 8.69. The van der Waals surface area contributed by atoms with E-state index in [0.717, 1.165) is 21.2 Å². The van der Waals surface area contributed by atoms with E-state index in [2.05, 4.69) is 10.3 Å². The Morgan fingerprint density at radius 2 is 1.80 bits per heavy atom. The molecule has 0 radical (unpaired) electrons. The highest BCUT2D eigenvalue weighted by molar-refractivity contribution is 6.09. The first kappa shape index (κ1) is 22.3. The Morgan fingerprint density at radius 3 is 2.60 bits per heavy atom. The van der Waals surface area contributed by atoms with Crippen molar-refractivity contribution in [2.24, 2.45) is 0 Å². The predicted octanol–water partition coefficient (Wildman–Crippen LogP) is 2.67. The van der Waals surface area contributed by atoms with Gasteiger partial charge in [-0.1, -0.05) is 42.5 Å². The van der Waals surface area contributed by atoms with E-state index in [4.69, 9.17) is 4.74 Å². The largest absolute Gasteiger partial charge is 0.458 e. The zero-order valence-corrected chi connectivity index (χ0v) is 19.1. The minimum absolute atomic E-state index is 0.260. The summed E-state index contributed by atoms with van der Waals surface area (Å²) in [6, 6.07) is 17.3. The average Bonchev–Trinajstić information content (AvgIpc) is 3.06. The number of amides is 3. The third-order valence-corrected chi connectivity index (χ3v) is 6.13. The van der Waals surface area contributed by atoms with E-state index < -0.39 is 30.0 Å². The minimum atomic E-state index is -1.31. The molecule has 3 amide bonds. The van der Waals surface area contributed by atoms with Crippen molar-refractivity contribution in [3.05, 3.63) is 94.0 Å². The van der Waals surface area contributed by atoms with Gasteiger partial charge in [-0.3, -0.25) is 23.7 Å². The van der Waals surface area contributed by atoms with E-state index in [1.54, 1.807) is 25.3 Å². The summed E-state index contributed by atoms with van der Waals surface area (Å²) in [7, 11) is 0. The summed E-state index contributed by atoms with van der Waals surface area (Å²) in [4.78, 5) is 55.7. The molecule has 0 spiro atoms.